The van der Waals surface area contributed by atoms with E-state index in [0.717, 1.165) is 25.9 Å². The fourth-order valence-corrected chi connectivity index (χ4v) is 2.41. The second kappa shape index (κ2) is 8.99. The zero-order valence-corrected chi connectivity index (χ0v) is 14.4. The third-order valence-corrected chi connectivity index (χ3v) is 3.82. The SMILES string of the molecule is CCCC(CNCC(C)C)Oc1cc(Cl)c(Cl)cc1Cl. The van der Waals surface area contributed by atoms with E-state index in [2.05, 4.69) is 26.1 Å². The first-order valence-corrected chi connectivity index (χ1v) is 8.09. The monoisotopic (exact) mass is 337 g/mol. The molecule has 0 bridgehead atoms. The van der Waals surface area contributed by atoms with Crippen LogP contribution in [0.25, 0.3) is 0 Å². The van der Waals surface area contributed by atoms with Gasteiger partial charge in [0, 0.05) is 12.6 Å². The Morgan fingerprint density at radius 1 is 1.05 bits per heavy atom. The number of hydrogen-bond acceptors (Lipinski definition) is 2. The summed E-state index contributed by atoms with van der Waals surface area (Å²) in [7, 11) is 0. The Morgan fingerprint density at radius 3 is 2.30 bits per heavy atom. The Bertz CT molecular complexity index is 424. The summed E-state index contributed by atoms with van der Waals surface area (Å²) in [5, 5.41) is 4.79. The second-order valence-electron chi connectivity index (χ2n) is 5.28. The molecule has 1 atom stereocenters. The van der Waals surface area contributed by atoms with Crippen molar-refractivity contribution in [2.24, 2.45) is 5.92 Å². The highest BCUT2D eigenvalue weighted by molar-refractivity contribution is 6.43. The number of benzene rings is 1. The topological polar surface area (TPSA) is 21.3 Å². The molecule has 0 fully saturated rings. The fourth-order valence-electron chi connectivity index (χ4n) is 1.83. The molecule has 0 aliphatic rings. The third kappa shape index (κ3) is 6.09. The molecule has 0 saturated heterocycles. The molecule has 1 aromatic rings. The van der Waals surface area contributed by atoms with Gasteiger partial charge in [0.2, 0.25) is 0 Å². The summed E-state index contributed by atoms with van der Waals surface area (Å²) in [5.41, 5.74) is 0. The van der Waals surface area contributed by atoms with Crippen molar-refractivity contribution < 1.29 is 4.74 Å². The van der Waals surface area contributed by atoms with Crippen molar-refractivity contribution in [2.45, 2.75) is 39.7 Å². The van der Waals surface area contributed by atoms with Crippen LogP contribution in [0, 0.1) is 5.92 Å². The summed E-state index contributed by atoms with van der Waals surface area (Å²) in [6.07, 6.45) is 2.09. The van der Waals surface area contributed by atoms with Gasteiger partial charge in [0.1, 0.15) is 11.9 Å². The maximum Gasteiger partial charge on any atom is 0.139 e. The quantitative estimate of drug-likeness (QED) is 0.637. The van der Waals surface area contributed by atoms with Gasteiger partial charge < -0.3 is 10.1 Å². The van der Waals surface area contributed by atoms with Gasteiger partial charge in [0.25, 0.3) is 0 Å². The van der Waals surface area contributed by atoms with Crippen LogP contribution in [0.15, 0.2) is 12.1 Å². The number of hydrogen-bond donors (Lipinski definition) is 1. The first-order chi connectivity index (χ1) is 9.43. The maximum atomic E-state index is 6.14. The van der Waals surface area contributed by atoms with Crippen molar-refractivity contribution in [2.75, 3.05) is 13.1 Å². The molecular weight excluding hydrogens is 317 g/mol. The van der Waals surface area contributed by atoms with E-state index in [4.69, 9.17) is 39.5 Å². The van der Waals surface area contributed by atoms with Gasteiger partial charge in [-0.1, -0.05) is 62.0 Å². The average molecular weight is 339 g/mol. The zero-order valence-electron chi connectivity index (χ0n) is 12.2. The molecule has 1 N–H and O–H groups in total. The minimum Gasteiger partial charge on any atom is -0.487 e. The minimum absolute atomic E-state index is 0.0773. The van der Waals surface area contributed by atoms with Crippen LogP contribution in [0.1, 0.15) is 33.6 Å². The van der Waals surface area contributed by atoms with Gasteiger partial charge in [-0.2, -0.15) is 0 Å². The fraction of sp³-hybridized carbons (Fsp3) is 0.600. The van der Waals surface area contributed by atoms with E-state index in [-0.39, 0.29) is 6.10 Å². The summed E-state index contributed by atoms with van der Waals surface area (Å²) in [5.74, 6) is 1.21. The van der Waals surface area contributed by atoms with Gasteiger partial charge in [-0.05, 0) is 24.9 Å². The molecule has 114 valence electrons. The Hall–Kier alpha value is -0.150. The normalized spacial score (nSPS) is 12.8. The summed E-state index contributed by atoms with van der Waals surface area (Å²) >= 11 is 18.1. The lowest BCUT2D eigenvalue weighted by atomic mass is 10.2. The van der Waals surface area contributed by atoms with Crippen molar-refractivity contribution in [1.82, 2.24) is 5.32 Å². The molecule has 20 heavy (non-hydrogen) atoms. The lowest BCUT2D eigenvalue weighted by Crippen LogP contribution is -2.33. The molecule has 1 unspecified atom stereocenters. The number of ether oxygens (including phenoxy) is 1. The van der Waals surface area contributed by atoms with E-state index >= 15 is 0 Å². The van der Waals surface area contributed by atoms with E-state index < -0.39 is 0 Å². The molecule has 1 rings (SSSR count). The van der Waals surface area contributed by atoms with Crippen molar-refractivity contribution in [3.8, 4) is 5.75 Å². The molecule has 0 aliphatic heterocycles. The molecule has 2 nitrogen and oxygen atoms in total. The van der Waals surface area contributed by atoms with Crippen LogP contribution < -0.4 is 10.1 Å². The van der Waals surface area contributed by atoms with Gasteiger partial charge in [-0.15, -0.1) is 0 Å². The first-order valence-electron chi connectivity index (χ1n) is 6.96. The van der Waals surface area contributed by atoms with Crippen molar-refractivity contribution >= 4 is 34.8 Å². The molecule has 0 aromatic heterocycles. The standard InChI is InChI=1S/C15H22Cl3NO/c1-4-5-11(9-19-8-10(2)3)20-15-7-13(17)12(16)6-14(15)18/h6-7,10-11,19H,4-5,8-9H2,1-3H3. The van der Waals surface area contributed by atoms with Crippen molar-refractivity contribution in [1.29, 1.82) is 0 Å². The molecule has 0 saturated carbocycles. The predicted octanol–water partition coefficient (Wildman–Crippen LogP) is 5.44. The van der Waals surface area contributed by atoms with E-state index in [9.17, 15) is 0 Å². The molecule has 0 heterocycles. The third-order valence-electron chi connectivity index (χ3n) is 2.80. The Balaban J connectivity index is 2.67. The van der Waals surface area contributed by atoms with Crippen LogP contribution >= 0.6 is 34.8 Å². The molecule has 5 heteroatoms. The van der Waals surface area contributed by atoms with Gasteiger partial charge in [0.05, 0.1) is 15.1 Å². The van der Waals surface area contributed by atoms with E-state index in [0.29, 0.717) is 26.7 Å². The molecular formula is C15H22Cl3NO. The van der Waals surface area contributed by atoms with Crippen LogP contribution in [0.3, 0.4) is 0 Å². The van der Waals surface area contributed by atoms with Crippen LogP contribution in [0.5, 0.6) is 5.75 Å². The molecule has 0 spiro atoms. The van der Waals surface area contributed by atoms with Crippen molar-refractivity contribution in [3.05, 3.63) is 27.2 Å². The van der Waals surface area contributed by atoms with Crippen LogP contribution in [-0.2, 0) is 0 Å². The smallest absolute Gasteiger partial charge is 0.139 e. The Labute approximate surface area is 136 Å². The second-order valence-corrected chi connectivity index (χ2v) is 6.50. The molecule has 0 aliphatic carbocycles. The Morgan fingerprint density at radius 2 is 1.70 bits per heavy atom. The molecule has 0 amide bonds. The summed E-state index contributed by atoms with van der Waals surface area (Å²) in [6, 6.07) is 3.29. The first kappa shape index (κ1) is 17.9. The highest BCUT2D eigenvalue weighted by Crippen LogP contribution is 2.34. The Kier molecular flexibility index (Phi) is 8.04. The van der Waals surface area contributed by atoms with Crippen LogP contribution in [-0.4, -0.2) is 19.2 Å². The highest BCUT2D eigenvalue weighted by atomic mass is 35.5. The minimum atomic E-state index is 0.0773. The number of halogens is 3. The predicted molar refractivity (Wildman–Crippen MR) is 88.5 cm³/mol. The van der Waals surface area contributed by atoms with Crippen LogP contribution in [0.4, 0.5) is 0 Å². The summed E-state index contributed by atoms with van der Waals surface area (Å²) < 4.78 is 5.97. The largest absolute Gasteiger partial charge is 0.487 e. The van der Waals surface area contributed by atoms with E-state index in [1.165, 1.54) is 0 Å². The summed E-state index contributed by atoms with van der Waals surface area (Å²) in [6.45, 7) is 8.26. The van der Waals surface area contributed by atoms with Crippen molar-refractivity contribution in [3.63, 3.8) is 0 Å². The highest BCUT2D eigenvalue weighted by Gasteiger charge is 2.14. The van der Waals surface area contributed by atoms with Crippen LogP contribution in [0.2, 0.25) is 15.1 Å². The van der Waals surface area contributed by atoms with E-state index in [1.807, 2.05) is 0 Å². The average Bonchev–Trinajstić information content (AvgIpc) is 2.35. The van der Waals surface area contributed by atoms with Gasteiger partial charge in [0.15, 0.2) is 0 Å². The number of nitrogens with one attached hydrogen (secondary N) is 1. The maximum absolute atomic E-state index is 6.14. The van der Waals surface area contributed by atoms with Gasteiger partial charge >= 0.3 is 0 Å². The molecule has 1 aromatic carbocycles. The number of rotatable bonds is 8. The summed E-state index contributed by atoms with van der Waals surface area (Å²) in [4.78, 5) is 0. The molecule has 0 radical (unpaired) electrons. The van der Waals surface area contributed by atoms with E-state index in [1.54, 1.807) is 12.1 Å². The lowest BCUT2D eigenvalue weighted by Gasteiger charge is -2.21. The van der Waals surface area contributed by atoms with Gasteiger partial charge in [-0.25, -0.2) is 0 Å². The van der Waals surface area contributed by atoms with Gasteiger partial charge in [-0.3, -0.25) is 0 Å². The lowest BCUT2D eigenvalue weighted by molar-refractivity contribution is 0.185. The zero-order chi connectivity index (χ0) is 15.1.